The van der Waals surface area contributed by atoms with E-state index in [0.29, 0.717) is 6.04 Å². The van der Waals surface area contributed by atoms with Crippen molar-refractivity contribution in [2.45, 2.75) is 44.6 Å². The van der Waals surface area contributed by atoms with Crippen molar-refractivity contribution >= 4 is 27.4 Å². The Labute approximate surface area is 112 Å². The number of aromatic nitrogens is 2. The number of fused-ring (bicyclic) bond motifs is 1. The predicted molar refractivity (Wildman–Crippen MR) is 77.3 cm³/mol. The summed E-state index contributed by atoms with van der Waals surface area (Å²) >= 11 is 1.69. The fourth-order valence-electron chi connectivity index (χ4n) is 2.88. The smallest absolute Gasteiger partial charge is 0.140 e. The molecule has 0 N–H and O–H groups in total. The molecule has 0 amide bonds. The summed E-state index contributed by atoms with van der Waals surface area (Å²) in [6.45, 7) is 0. The lowest BCUT2D eigenvalue weighted by molar-refractivity contribution is 0.550. The fraction of sp³-hybridized carbons (Fsp3) is 0.571. The van der Waals surface area contributed by atoms with Crippen LogP contribution < -0.4 is 4.90 Å². The van der Waals surface area contributed by atoms with Crippen molar-refractivity contribution in [3.8, 4) is 0 Å². The fourth-order valence-corrected chi connectivity index (χ4v) is 3.60. The molecule has 1 aliphatic carbocycles. The molecule has 3 nitrogen and oxygen atoms in total. The van der Waals surface area contributed by atoms with Gasteiger partial charge in [0.05, 0.1) is 5.39 Å². The monoisotopic (exact) mass is 261 g/mol. The van der Waals surface area contributed by atoms with Gasteiger partial charge < -0.3 is 4.90 Å². The quantitative estimate of drug-likeness (QED) is 0.769. The molecular weight excluding hydrogens is 242 g/mol. The zero-order valence-corrected chi connectivity index (χ0v) is 11.6. The molecule has 0 unspecified atom stereocenters. The summed E-state index contributed by atoms with van der Waals surface area (Å²) in [5.74, 6) is 1.10. The summed E-state index contributed by atoms with van der Waals surface area (Å²) in [5, 5.41) is 3.30. The average molecular weight is 261 g/mol. The first-order chi connectivity index (χ1) is 8.86. The summed E-state index contributed by atoms with van der Waals surface area (Å²) in [7, 11) is 2.19. The predicted octanol–water partition coefficient (Wildman–Crippen LogP) is 3.85. The Balaban J connectivity index is 1.90. The van der Waals surface area contributed by atoms with Crippen LogP contribution in [0.1, 0.15) is 38.5 Å². The van der Waals surface area contributed by atoms with Crippen LogP contribution in [-0.2, 0) is 0 Å². The van der Waals surface area contributed by atoms with E-state index in [1.54, 1.807) is 17.7 Å². The number of nitrogens with zero attached hydrogens (tertiary/aromatic N) is 3. The van der Waals surface area contributed by atoms with E-state index < -0.39 is 0 Å². The van der Waals surface area contributed by atoms with Crippen LogP contribution in [0.3, 0.4) is 0 Å². The van der Waals surface area contributed by atoms with Crippen molar-refractivity contribution in [2.75, 3.05) is 11.9 Å². The number of thiophene rings is 1. The Bertz CT molecular complexity index is 514. The Kier molecular flexibility index (Phi) is 3.46. The molecule has 1 saturated carbocycles. The Hall–Kier alpha value is -1.16. The van der Waals surface area contributed by atoms with Gasteiger partial charge in [0.2, 0.25) is 0 Å². The molecule has 0 spiro atoms. The van der Waals surface area contributed by atoms with Gasteiger partial charge in [0.25, 0.3) is 0 Å². The molecule has 1 fully saturated rings. The molecule has 0 saturated heterocycles. The van der Waals surface area contributed by atoms with Crippen molar-refractivity contribution in [3.63, 3.8) is 0 Å². The first-order valence-corrected chi connectivity index (χ1v) is 7.65. The van der Waals surface area contributed by atoms with Crippen LogP contribution in [0.5, 0.6) is 0 Å². The van der Waals surface area contributed by atoms with Crippen LogP contribution in [0.25, 0.3) is 10.2 Å². The van der Waals surface area contributed by atoms with Crippen molar-refractivity contribution in [3.05, 3.63) is 17.8 Å². The Morgan fingerprint density at radius 2 is 1.94 bits per heavy atom. The average Bonchev–Trinajstić information content (AvgIpc) is 2.71. The van der Waals surface area contributed by atoms with Gasteiger partial charge in [-0.05, 0) is 24.3 Å². The molecule has 4 heteroatoms. The topological polar surface area (TPSA) is 29.0 Å². The molecule has 2 aromatic rings. The van der Waals surface area contributed by atoms with Gasteiger partial charge in [-0.3, -0.25) is 0 Å². The van der Waals surface area contributed by atoms with Gasteiger partial charge in [-0.2, -0.15) is 0 Å². The molecule has 96 valence electrons. The van der Waals surface area contributed by atoms with E-state index in [0.717, 1.165) is 10.6 Å². The van der Waals surface area contributed by atoms with E-state index in [4.69, 9.17) is 0 Å². The molecule has 0 radical (unpaired) electrons. The highest BCUT2D eigenvalue weighted by atomic mass is 32.1. The first-order valence-electron chi connectivity index (χ1n) is 6.77. The van der Waals surface area contributed by atoms with E-state index >= 15 is 0 Å². The third-order valence-corrected chi connectivity index (χ3v) is 4.77. The van der Waals surface area contributed by atoms with Gasteiger partial charge in [-0.1, -0.05) is 25.7 Å². The minimum atomic E-state index is 0.644. The summed E-state index contributed by atoms with van der Waals surface area (Å²) < 4.78 is 0. The highest BCUT2D eigenvalue weighted by Crippen LogP contribution is 2.30. The van der Waals surface area contributed by atoms with E-state index in [9.17, 15) is 0 Å². The Morgan fingerprint density at radius 3 is 2.72 bits per heavy atom. The molecule has 18 heavy (non-hydrogen) atoms. The number of anilines is 1. The molecule has 0 aliphatic heterocycles. The summed E-state index contributed by atoms with van der Waals surface area (Å²) in [6.07, 6.45) is 9.78. The largest absolute Gasteiger partial charge is 0.356 e. The summed E-state index contributed by atoms with van der Waals surface area (Å²) in [6, 6.07) is 2.79. The maximum absolute atomic E-state index is 4.51. The maximum atomic E-state index is 4.51. The standard InChI is InChI=1S/C14H19N3S/c1-17(11-6-4-2-3-5-7-11)13-12-8-9-18-14(12)16-10-15-13/h8-11H,2-7H2,1H3. The van der Waals surface area contributed by atoms with Crippen LogP contribution in [0.15, 0.2) is 17.8 Å². The minimum absolute atomic E-state index is 0.644. The van der Waals surface area contributed by atoms with Crippen molar-refractivity contribution in [2.24, 2.45) is 0 Å². The maximum Gasteiger partial charge on any atom is 0.140 e. The highest BCUT2D eigenvalue weighted by molar-refractivity contribution is 7.16. The highest BCUT2D eigenvalue weighted by Gasteiger charge is 2.20. The van der Waals surface area contributed by atoms with E-state index in [1.807, 2.05) is 0 Å². The molecular formula is C14H19N3S. The SMILES string of the molecule is CN(c1ncnc2sccc12)C1CCCCCC1. The van der Waals surface area contributed by atoms with Gasteiger partial charge in [0.15, 0.2) is 0 Å². The lowest BCUT2D eigenvalue weighted by Crippen LogP contribution is -2.31. The van der Waals surface area contributed by atoms with Gasteiger partial charge in [-0.25, -0.2) is 9.97 Å². The number of hydrogen-bond donors (Lipinski definition) is 0. The zero-order chi connectivity index (χ0) is 12.4. The van der Waals surface area contributed by atoms with Crippen molar-refractivity contribution in [1.29, 1.82) is 0 Å². The molecule has 0 aromatic carbocycles. The molecule has 2 aromatic heterocycles. The van der Waals surface area contributed by atoms with Crippen LogP contribution in [-0.4, -0.2) is 23.1 Å². The van der Waals surface area contributed by atoms with Crippen LogP contribution in [0, 0.1) is 0 Å². The number of hydrogen-bond acceptors (Lipinski definition) is 4. The summed E-state index contributed by atoms with van der Waals surface area (Å²) in [4.78, 5) is 12.3. The minimum Gasteiger partial charge on any atom is -0.356 e. The van der Waals surface area contributed by atoms with Crippen LogP contribution >= 0.6 is 11.3 Å². The van der Waals surface area contributed by atoms with Crippen molar-refractivity contribution in [1.82, 2.24) is 9.97 Å². The zero-order valence-electron chi connectivity index (χ0n) is 10.8. The van der Waals surface area contributed by atoms with Gasteiger partial charge in [-0.15, -0.1) is 11.3 Å². The normalized spacial score (nSPS) is 17.8. The van der Waals surface area contributed by atoms with Crippen molar-refractivity contribution < 1.29 is 0 Å². The van der Waals surface area contributed by atoms with Crippen LogP contribution in [0.2, 0.25) is 0 Å². The Morgan fingerprint density at radius 1 is 1.17 bits per heavy atom. The van der Waals surface area contributed by atoms with E-state index in [-0.39, 0.29) is 0 Å². The second-order valence-corrected chi connectivity index (χ2v) is 5.99. The second kappa shape index (κ2) is 5.22. The second-order valence-electron chi connectivity index (χ2n) is 5.09. The van der Waals surface area contributed by atoms with E-state index in [2.05, 4.69) is 33.4 Å². The molecule has 1 aliphatic rings. The van der Waals surface area contributed by atoms with E-state index in [1.165, 1.54) is 43.9 Å². The lowest BCUT2D eigenvalue weighted by Gasteiger charge is -2.28. The molecule has 0 bridgehead atoms. The van der Waals surface area contributed by atoms with Gasteiger partial charge >= 0.3 is 0 Å². The lowest BCUT2D eigenvalue weighted by atomic mass is 10.1. The summed E-state index contributed by atoms with van der Waals surface area (Å²) in [5.41, 5.74) is 0. The van der Waals surface area contributed by atoms with Gasteiger partial charge in [0, 0.05) is 13.1 Å². The van der Waals surface area contributed by atoms with Gasteiger partial charge in [0.1, 0.15) is 17.0 Å². The third kappa shape index (κ3) is 2.21. The van der Waals surface area contributed by atoms with Crippen LogP contribution in [0.4, 0.5) is 5.82 Å². The first kappa shape index (κ1) is 11.9. The molecule has 0 atom stereocenters. The third-order valence-electron chi connectivity index (χ3n) is 3.95. The molecule has 3 rings (SSSR count). The molecule has 2 heterocycles. The number of rotatable bonds is 2.